The van der Waals surface area contributed by atoms with Gasteiger partial charge in [-0.3, -0.25) is 0 Å². The van der Waals surface area contributed by atoms with Crippen LogP contribution in [0.5, 0.6) is 0 Å². The summed E-state index contributed by atoms with van der Waals surface area (Å²) < 4.78 is 5.87. The van der Waals surface area contributed by atoms with Gasteiger partial charge in [0.25, 0.3) is 0 Å². The zero-order chi connectivity index (χ0) is 9.26. The second-order valence-corrected chi connectivity index (χ2v) is 5.46. The fraction of sp³-hybridized carbons (Fsp3) is 1.00. The Labute approximate surface area is 84.8 Å². The molecule has 0 spiro atoms. The molecule has 2 aliphatic rings. The summed E-state index contributed by atoms with van der Waals surface area (Å²) in [5.41, 5.74) is 0. The number of hydrogen-bond donors (Lipinski definition) is 1. The monoisotopic (exact) mass is 201 g/mol. The van der Waals surface area contributed by atoms with E-state index in [4.69, 9.17) is 4.74 Å². The Bertz CT molecular complexity index is 176. The molecule has 13 heavy (non-hydrogen) atoms. The fourth-order valence-electron chi connectivity index (χ4n) is 2.05. The molecule has 0 amide bonds. The number of hydrogen-bond acceptors (Lipinski definition) is 3. The van der Waals surface area contributed by atoms with Crippen molar-refractivity contribution in [2.24, 2.45) is 0 Å². The van der Waals surface area contributed by atoms with Crippen molar-refractivity contribution in [1.82, 2.24) is 5.32 Å². The Hall–Kier alpha value is 0.270. The minimum absolute atomic E-state index is 0.461. The molecule has 0 bridgehead atoms. The standard InChI is InChI=1S/C10H19NOS/c1-7-5-6-13-10(11-7)9-4-3-8(2)12-9/h7-11H,3-6H2,1-2H3. The molecule has 0 aromatic heterocycles. The molecular formula is C10H19NOS. The molecule has 3 heteroatoms. The van der Waals surface area contributed by atoms with Gasteiger partial charge >= 0.3 is 0 Å². The zero-order valence-corrected chi connectivity index (χ0v) is 9.27. The summed E-state index contributed by atoms with van der Waals surface area (Å²) in [6.07, 6.45) is 4.70. The Kier molecular flexibility index (Phi) is 3.17. The predicted molar refractivity (Wildman–Crippen MR) is 57.0 cm³/mol. The molecule has 2 rings (SSSR count). The fourth-order valence-corrected chi connectivity index (χ4v) is 3.54. The normalized spacial score (nSPS) is 46.6. The van der Waals surface area contributed by atoms with Gasteiger partial charge in [-0.25, -0.2) is 0 Å². The van der Waals surface area contributed by atoms with Gasteiger partial charge in [0, 0.05) is 6.04 Å². The third-order valence-electron chi connectivity index (χ3n) is 2.90. The summed E-state index contributed by atoms with van der Waals surface area (Å²) >= 11 is 2.03. The second kappa shape index (κ2) is 4.20. The number of ether oxygens (including phenoxy) is 1. The van der Waals surface area contributed by atoms with Gasteiger partial charge < -0.3 is 10.1 Å². The highest BCUT2D eigenvalue weighted by molar-refractivity contribution is 7.99. The Morgan fingerprint density at radius 2 is 2.08 bits per heavy atom. The zero-order valence-electron chi connectivity index (χ0n) is 8.45. The van der Waals surface area contributed by atoms with E-state index in [9.17, 15) is 0 Å². The molecule has 1 N–H and O–H groups in total. The lowest BCUT2D eigenvalue weighted by molar-refractivity contribution is 0.0470. The van der Waals surface area contributed by atoms with Gasteiger partial charge in [0.2, 0.25) is 0 Å². The highest BCUT2D eigenvalue weighted by Gasteiger charge is 2.32. The van der Waals surface area contributed by atoms with Crippen molar-refractivity contribution in [2.75, 3.05) is 5.75 Å². The first-order chi connectivity index (χ1) is 6.25. The van der Waals surface area contributed by atoms with Crippen LogP contribution in [0.4, 0.5) is 0 Å². The van der Waals surface area contributed by atoms with Crippen LogP contribution in [-0.2, 0) is 4.74 Å². The first kappa shape index (κ1) is 9.81. The van der Waals surface area contributed by atoms with E-state index in [1.54, 1.807) is 0 Å². The van der Waals surface area contributed by atoms with Crippen LogP contribution < -0.4 is 5.32 Å². The van der Waals surface area contributed by atoms with Gasteiger partial charge in [-0.15, -0.1) is 11.8 Å². The SMILES string of the molecule is CC1CCSC(C2CCC(C)O2)N1. The molecule has 0 radical (unpaired) electrons. The molecule has 0 aromatic carbocycles. The molecular weight excluding hydrogens is 182 g/mol. The number of rotatable bonds is 1. The van der Waals surface area contributed by atoms with Crippen LogP contribution in [-0.4, -0.2) is 29.4 Å². The van der Waals surface area contributed by atoms with Crippen LogP contribution in [0.2, 0.25) is 0 Å². The van der Waals surface area contributed by atoms with E-state index in [0.717, 1.165) is 0 Å². The average molecular weight is 201 g/mol. The summed E-state index contributed by atoms with van der Waals surface area (Å²) in [4.78, 5) is 0. The van der Waals surface area contributed by atoms with E-state index in [1.807, 2.05) is 11.8 Å². The van der Waals surface area contributed by atoms with Crippen molar-refractivity contribution in [3.63, 3.8) is 0 Å². The molecule has 0 aromatic rings. The van der Waals surface area contributed by atoms with Gasteiger partial charge in [0.05, 0.1) is 17.6 Å². The summed E-state index contributed by atoms with van der Waals surface area (Å²) in [6, 6.07) is 0.672. The molecule has 2 saturated heterocycles. The molecule has 76 valence electrons. The minimum Gasteiger partial charge on any atom is -0.373 e. The smallest absolute Gasteiger partial charge is 0.0826 e. The van der Waals surface area contributed by atoms with Gasteiger partial charge in [-0.1, -0.05) is 0 Å². The van der Waals surface area contributed by atoms with E-state index < -0.39 is 0 Å². The lowest BCUT2D eigenvalue weighted by atomic mass is 10.2. The maximum atomic E-state index is 5.87. The van der Waals surface area contributed by atoms with Crippen molar-refractivity contribution in [3.05, 3.63) is 0 Å². The first-order valence-corrected chi connectivity index (χ1v) is 6.33. The van der Waals surface area contributed by atoms with Gasteiger partial charge in [-0.05, 0) is 38.9 Å². The van der Waals surface area contributed by atoms with Crippen molar-refractivity contribution in [1.29, 1.82) is 0 Å². The van der Waals surface area contributed by atoms with Crippen molar-refractivity contribution in [2.45, 2.75) is 56.7 Å². The van der Waals surface area contributed by atoms with E-state index in [1.165, 1.54) is 25.0 Å². The van der Waals surface area contributed by atoms with Gasteiger partial charge in [-0.2, -0.15) is 0 Å². The highest BCUT2D eigenvalue weighted by Crippen LogP contribution is 2.30. The van der Waals surface area contributed by atoms with Crippen LogP contribution in [0.15, 0.2) is 0 Å². The Balaban J connectivity index is 1.85. The average Bonchev–Trinajstić information content (AvgIpc) is 2.52. The van der Waals surface area contributed by atoms with Crippen LogP contribution in [0.1, 0.15) is 33.1 Å². The highest BCUT2D eigenvalue weighted by atomic mass is 32.2. The predicted octanol–water partition coefficient (Wildman–Crippen LogP) is 1.99. The van der Waals surface area contributed by atoms with Crippen molar-refractivity contribution < 1.29 is 4.74 Å². The van der Waals surface area contributed by atoms with Crippen LogP contribution >= 0.6 is 11.8 Å². The van der Waals surface area contributed by atoms with Gasteiger partial charge in [0.1, 0.15) is 0 Å². The first-order valence-electron chi connectivity index (χ1n) is 5.29. The van der Waals surface area contributed by atoms with Gasteiger partial charge in [0.15, 0.2) is 0 Å². The summed E-state index contributed by atoms with van der Waals surface area (Å²) in [5, 5.41) is 4.17. The van der Waals surface area contributed by atoms with Crippen LogP contribution in [0.25, 0.3) is 0 Å². The third kappa shape index (κ3) is 2.39. The number of nitrogens with one attached hydrogen (secondary N) is 1. The Morgan fingerprint density at radius 3 is 2.69 bits per heavy atom. The third-order valence-corrected chi connectivity index (χ3v) is 4.17. The number of thioether (sulfide) groups is 1. The van der Waals surface area contributed by atoms with E-state index >= 15 is 0 Å². The molecule has 2 aliphatic heterocycles. The molecule has 0 aliphatic carbocycles. The maximum absolute atomic E-state index is 5.87. The lowest BCUT2D eigenvalue weighted by Crippen LogP contribution is -2.45. The summed E-state index contributed by atoms with van der Waals surface area (Å²) in [6.45, 7) is 4.45. The molecule has 4 atom stereocenters. The van der Waals surface area contributed by atoms with E-state index in [2.05, 4.69) is 19.2 Å². The summed E-state index contributed by atoms with van der Waals surface area (Å²) in [7, 11) is 0. The largest absolute Gasteiger partial charge is 0.373 e. The van der Waals surface area contributed by atoms with E-state index in [-0.39, 0.29) is 0 Å². The quantitative estimate of drug-likeness (QED) is 0.701. The van der Waals surface area contributed by atoms with Crippen LogP contribution in [0, 0.1) is 0 Å². The second-order valence-electron chi connectivity index (χ2n) is 4.21. The molecule has 4 unspecified atom stereocenters. The Morgan fingerprint density at radius 1 is 1.23 bits per heavy atom. The minimum atomic E-state index is 0.461. The van der Waals surface area contributed by atoms with Crippen molar-refractivity contribution >= 4 is 11.8 Å². The maximum Gasteiger partial charge on any atom is 0.0826 e. The molecule has 0 saturated carbocycles. The molecule has 2 fully saturated rings. The van der Waals surface area contributed by atoms with Crippen LogP contribution in [0.3, 0.4) is 0 Å². The molecule has 2 nitrogen and oxygen atoms in total. The topological polar surface area (TPSA) is 21.3 Å². The van der Waals surface area contributed by atoms with E-state index in [0.29, 0.717) is 23.6 Å². The summed E-state index contributed by atoms with van der Waals surface area (Å²) in [5.74, 6) is 1.28. The van der Waals surface area contributed by atoms with Crippen molar-refractivity contribution in [3.8, 4) is 0 Å². The molecule has 2 heterocycles. The lowest BCUT2D eigenvalue weighted by Gasteiger charge is -2.32.